The van der Waals surface area contributed by atoms with Gasteiger partial charge in [0.25, 0.3) is 5.91 Å². The van der Waals surface area contributed by atoms with Gasteiger partial charge in [-0.15, -0.1) is 0 Å². The molecule has 2 rings (SSSR count). The largest absolute Gasteiger partial charge is 0.343 e. The van der Waals surface area contributed by atoms with Crippen molar-refractivity contribution >= 4 is 33.4 Å². The molecule has 0 aliphatic rings. The van der Waals surface area contributed by atoms with E-state index in [1.165, 1.54) is 0 Å². The minimum absolute atomic E-state index is 0.0773. The average molecular weight is 375 g/mol. The Kier molecular flexibility index (Phi) is 5.55. The number of rotatable bonds is 4. The minimum atomic E-state index is -0.272. The molecule has 0 saturated carbocycles. The maximum atomic E-state index is 12.1. The number of halogens is 1. The highest BCUT2D eigenvalue weighted by Gasteiger charge is 2.10. The number of amides is 2. The van der Waals surface area contributed by atoms with Gasteiger partial charge in [0.1, 0.15) is 0 Å². The molecule has 23 heavy (non-hydrogen) atoms. The quantitative estimate of drug-likeness (QED) is 0.855. The van der Waals surface area contributed by atoms with Gasteiger partial charge in [-0.25, -0.2) is 0 Å². The Hall–Kier alpha value is -2.14. The van der Waals surface area contributed by atoms with E-state index >= 15 is 0 Å². The standard InChI is InChI=1S/C18H19BrN2O2/c1-11-4-7-16(15(19)8-11)21-17(22)10-20-18(23)14-6-5-12(2)13(3)9-14/h4-9H,10H2,1-3H3,(H,20,23)(H,21,22). The van der Waals surface area contributed by atoms with Gasteiger partial charge in [-0.1, -0.05) is 12.1 Å². The Morgan fingerprint density at radius 2 is 1.74 bits per heavy atom. The second kappa shape index (κ2) is 7.42. The molecule has 0 spiro atoms. The topological polar surface area (TPSA) is 58.2 Å². The van der Waals surface area contributed by atoms with Crippen molar-refractivity contribution in [1.29, 1.82) is 0 Å². The number of hydrogen-bond acceptors (Lipinski definition) is 2. The summed E-state index contributed by atoms with van der Waals surface area (Å²) in [6.07, 6.45) is 0. The molecule has 0 radical (unpaired) electrons. The molecule has 2 amide bonds. The third-order valence-corrected chi connectivity index (χ3v) is 4.23. The number of hydrogen-bond donors (Lipinski definition) is 2. The first-order valence-electron chi connectivity index (χ1n) is 7.28. The Bertz CT molecular complexity index is 757. The number of carbonyl (C=O) groups is 2. The first-order chi connectivity index (χ1) is 10.9. The summed E-state index contributed by atoms with van der Waals surface area (Å²) in [7, 11) is 0. The zero-order chi connectivity index (χ0) is 17.0. The number of nitrogens with one attached hydrogen (secondary N) is 2. The van der Waals surface area contributed by atoms with E-state index in [-0.39, 0.29) is 18.4 Å². The minimum Gasteiger partial charge on any atom is -0.343 e. The van der Waals surface area contributed by atoms with Crippen LogP contribution in [0.4, 0.5) is 5.69 Å². The monoisotopic (exact) mass is 374 g/mol. The van der Waals surface area contributed by atoms with Crippen LogP contribution in [0.15, 0.2) is 40.9 Å². The van der Waals surface area contributed by atoms with Crippen LogP contribution in [0.1, 0.15) is 27.0 Å². The number of carbonyl (C=O) groups excluding carboxylic acids is 2. The van der Waals surface area contributed by atoms with Crippen molar-refractivity contribution in [2.75, 3.05) is 11.9 Å². The molecule has 0 bridgehead atoms. The summed E-state index contributed by atoms with van der Waals surface area (Å²) in [5.41, 5.74) is 4.51. The third-order valence-electron chi connectivity index (χ3n) is 3.58. The second-order valence-corrected chi connectivity index (χ2v) is 6.37. The smallest absolute Gasteiger partial charge is 0.251 e. The summed E-state index contributed by atoms with van der Waals surface area (Å²) in [6.45, 7) is 5.84. The average Bonchev–Trinajstić information content (AvgIpc) is 2.50. The molecule has 0 heterocycles. The number of aryl methyl sites for hydroxylation is 3. The van der Waals surface area contributed by atoms with Gasteiger partial charge in [0.15, 0.2) is 0 Å². The SMILES string of the molecule is Cc1ccc(NC(=O)CNC(=O)c2ccc(C)c(C)c2)c(Br)c1. The number of benzene rings is 2. The third kappa shape index (κ3) is 4.66. The lowest BCUT2D eigenvalue weighted by atomic mass is 10.1. The summed E-state index contributed by atoms with van der Waals surface area (Å²) in [5.74, 6) is -0.530. The van der Waals surface area contributed by atoms with Crippen molar-refractivity contribution in [2.24, 2.45) is 0 Å². The molecule has 4 nitrogen and oxygen atoms in total. The van der Waals surface area contributed by atoms with Gasteiger partial charge in [-0.05, 0) is 77.7 Å². The molecule has 2 aromatic rings. The summed E-state index contributed by atoms with van der Waals surface area (Å²) in [4.78, 5) is 24.0. The predicted molar refractivity (Wildman–Crippen MR) is 95.8 cm³/mol. The van der Waals surface area contributed by atoms with Crippen molar-refractivity contribution in [3.8, 4) is 0 Å². The molecule has 0 aromatic heterocycles. The molecular formula is C18H19BrN2O2. The van der Waals surface area contributed by atoms with Gasteiger partial charge >= 0.3 is 0 Å². The van der Waals surface area contributed by atoms with Crippen LogP contribution in [-0.2, 0) is 4.79 Å². The van der Waals surface area contributed by atoms with Crippen molar-refractivity contribution in [2.45, 2.75) is 20.8 Å². The van der Waals surface area contributed by atoms with Crippen molar-refractivity contribution < 1.29 is 9.59 Å². The molecule has 0 atom stereocenters. The fraction of sp³-hybridized carbons (Fsp3) is 0.222. The van der Waals surface area contributed by atoms with Gasteiger partial charge < -0.3 is 10.6 Å². The maximum absolute atomic E-state index is 12.1. The Morgan fingerprint density at radius 1 is 1.00 bits per heavy atom. The van der Waals surface area contributed by atoms with E-state index in [2.05, 4.69) is 26.6 Å². The lowest BCUT2D eigenvalue weighted by molar-refractivity contribution is -0.115. The van der Waals surface area contributed by atoms with E-state index in [9.17, 15) is 9.59 Å². The van der Waals surface area contributed by atoms with Crippen molar-refractivity contribution in [3.63, 3.8) is 0 Å². The lowest BCUT2D eigenvalue weighted by Gasteiger charge is -2.10. The van der Waals surface area contributed by atoms with Crippen LogP contribution in [0, 0.1) is 20.8 Å². The summed E-state index contributed by atoms with van der Waals surface area (Å²) >= 11 is 3.41. The van der Waals surface area contributed by atoms with Gasteiger partial charge in [0, 0.05) is 10.0 Å². The van der Waals surface area contributed by atoms with Crippen LogP contribution in [0.2, 0.25) is 0 Å². The number of anilines is 1. The van der Waals surface area contributed by atoms with Crippen LogP contribution in [-0.4, -0.2) is 18.4 Å². The van der Waals surface area contributed by atoms with Crippen LogP contribution in [0.5, 0.6) is 0 Å². The van der Waals surface area contributed by atoms with Gasteiger partial charge in [0.05, 0.1) is 12.2 Å². The molecule has 0 fully saturated rings. The maximum Gasteiger partial charge on any atom is 0.251 e. The van der Waals surface area contributed by atoms with E-state index < -0.39 is 0 Å². The molecule has 0 unspecified atom stereocenters. The lowest BCUT2D eigenvalue weighted by Crippen LogP contribution is -2.33. The summed E-state index contributed by atoms with van der Waals surface area (Å²) < 4.78 is 0.811. The predicted octanol–water partition coefficient (Wildman–Crippen LogP) is 3.74. The van der Waals surface area contributed by atoms with Crippen LogP contribution in [0.25, 0.3) is 0 Å². The normalized spacial score (nSPS) is 10.3. The van der Waals surface area contributed by atoms with Gasteiger partial charge in [-0.2, -0.15) is 0 Å². The van der Waals surface area contributed by atoms with E-state index in [1.54, 1.807) is 6.07 Å². The fourth-order valence-electron chi connectivity index (χ4n) is 2.06. The zero-order valence-corrected chi connectivity index (χ0v) is 15.0. The van der Waals surface area contributed by atoms with Crippen LogP contribution < -0.4 is 10.6 Å². The molecule has 120 valence electrons. The molecule has 2 N–H and O–H groups in total. The molecule has 2 aromatic carbocycles. The highest BCUT2D eigenvalue weighted by molar-refractivity contribution is 9.10. The summed E-state index contributed by atoms with van der Waals surface area (Å²) in [6, 6.07) is 11.1. The fourth-order valence-corrected chi connectivity index (χ4v) is 2.65. The van der Waals surface area contributed by atoms with E-state index in [1.807, 2.05) is 51.1 Å². The molecule has 0 aliphatic carbocycles. The van der Waals surface area contributed by atoms with Crippen molar-refractivity contribution in [1.82, 2.24) is 5.32 Å². The van der Waals surface area contributed by atoms with Gasteiger partial charge in [0.2, 0.25) is 5.91 Å². The Labute approximate surface area is 144 Å². The molecular weight excluding hydrogens is 356 g/mol. The first kappa shape index (κ1) is 17.2. The van der Waals surface area contributed by atoms with Crippen LogP contribution in [0.3, 0.4) is 0 Å². The van der Waals surface area contributed by atoms with E-state index in [0.29, 0.717) is 11.3 Å². The molecule has 0 saturated heterocycles. The van der Waals surface area contributed by atoms with Crippen LogP contribution >= 0.6 is 15.9 Å². The van der Waals surface area contributed by atoms with E-state index in [4.69, 9.17) is 0 Å². The Balaban J connectivity index is 1.93. The highest BCUT2D eigenvalue weighted by Crippen LogP contribution is 2.23. The zero-order valence-electron chi connectivity index (χ0n) is 13.4. The Morgan fingerprint density at radius 3 is 2.39 bits per heavy atom. The van der Waals surface area contributed by atoms with E-state index in [0.717, 1.165) is 21.2 Å². The second-order valence-electron chi connectivity index (χ2n) is 5.51. The molecule has 5 heteroatoms. The highest BCUT2D eigenvalue weighted by atomic mass is 79.9. The summed E-state index contributed by atoms with van der Waals surface area (Å²) in [5, 5.41) is 5.39. The van der Waals surface area contributed by atoms with Gasteiger partial charge in [-0.3, -0.25) is 9.59 Å². The first-order valence-corrected chi connectivity index (χ1v) is 8.07. The molecule has 0 aliphatic heterocycles. The van der Waals surface area contributed by atoms with Crippen molar-refractivity contribution in [3.05, 3.63) is 63.1 Å².